The summed E-state index contributed by atoms with van der Waals surface area (Å²) in [6.45, 7) is 1.82. The van der Waals surface area contributed by atoms with Crippen LogP contribution < -0.4 is 19.6 Å². The van der Waals surface area contributed by atoms with Gasteiger partial charge in [-0.3, -0.25) is 9.36 Å². The highest BCUT2D eigenvalue weighted by Gasteiger charge is 2.19. The highest BCUT2D eigenvalue weighted by Crippen LogP contribution is 2.34. The smallest absolute Gasteiger partial charge is 0.250 e. The number of hydrogen-bond acceptors (Lipinski definition) is 8. The maximum atomic E-state index is 12.6. The molecule has 0 atom stereocenters. The number of carbonyl (C=O) groups is 1. The number of hydrogen-bond donors (Lipinski definition) is 1. The van der Waals surface area contributed by atoms with Gasteiger partial charge >= 0.3 is 0 Å². The van der Waals surface area contributed by atoms with Gasteiger partial charge in [0.1, 0.15) is 5.75 Å². The molecule has 4 aromatic rings. The third-order valence-corrected chi connectivity index (χ3v) is 6.39. The van der Waals surface area contributed by atoms with Crippen molar-refractivity contribution >= 4 is 23.4 Å². The molecule has 1 N–H and O–H groups in total. The first-order chi connectivity index (χ1) is 18.0. The van der Waals surface area contributed by atoms with Crippen LogP contribution >= 0.6 is 11.8 Å². The van der Waals surface area contributed by atoms with E-state index in [2.05, 4.69) is 20.7 Å². The summed E-state index contributed by atoms with van der Waals surface area (Å²) in [4.78, 5) is 12.6. The van der Waals surface area contributed by atoms with Gasteiger partial charge in [0, 0.05) is 16.8 Å². The molecule has 0 aliphatic heterocycles. The monoisotopic (exact) mass is 517 g/mol. The van der Waals surface area contributed by atoms with Gasteiger partial charge in [0.2, 0.25) is 0 Å². The standard InChI is InChI=1S/C27H27N5O4S/c1-18(19-9-8-12-22(15-19)34-2)28-29-25(33)17-37-27-31-30-26(32(27)21-10-6-5-7-11-21)20-13-14-23(35-3)24(16-20)36-4/h5-16H,17H2,1-4H3,(H,29,33)/b28-18-. The molecule has 0 fully saturated rings. The number of ether oxygens (including phenoxy) is 3. The van der Waals surface area contributed by atoms with Gasteiger partial charge in [-0.05, 0) is 49.4 Å². The topological polar surface area (TPSA) is 99.9 Å². The molecule has 3 aromatic carbocycles. The van der Waals surface area contributed by atoms with Crippen LogP contribution in [-0.2, 0) is 4.79 Å². The van der Waals surface area contributed by atoms with Crippen molar-refractivity contribution in [3.8, 4) is 34.3 Å². The molecule has 0 saturated heterocycles. The van der Waals surface area contributed by atoms with Crippen LogP contribution in [0.2, 0.25) is 0 Å². The van der Waals surface area contributed by atoms with E-state index in [0.29, 0.717) is 28.2 Å². The predicted octanol–water partition coefficient (Wildman–Crippen LogP) is 4.59. The van der Waals surface area contributed by atoms with E-state index in [9.17, 15) is 4.79 Å². The summed E-state index contributed by atoms with van der Waals surface area (Å²) in [5.74, 6) is 2.38. The highest BCUT2D eigenvalue weighted by atomic mass is 32.2. The number of rotatable bonds is 10. The van der Waals surface area contributed by atoms with Gasteiger partial charge in [0.05, 0.1) is 32.8 Å². The number of carbonyl (C=O) groups excluding carboxylic acids is 1. The summed E-state index contributed by atoms with van der Waals surface area (Å²) >= 11 is 1.27. The third kappa shape index (κ3) is 6.10. The van der Waals surface area contributed by atoms with Crippen molar-refractivity contribution in [1.29, 1.82) is 0 Å². The molecule has 0 bridgehead atoms. The molecule has 0 radical (unpaired) electrons. The van der Waals surface area contributed by atoms with Crippen LogP contribution in [0.15, 0.2) is 83.1 Å². The Labute approximate surface area is 219 Å². The Balaban J connectivity index is 1.54. The second-order valence-electron chi connectivity index (χ2n) is 7.80. The van der Waals surface area contributed by atoms with Crippen molar-refractivity contribution in [3.05, 3.63) is 78.4 Å². The summed E-state index contributed by atoms with van der Waals surface area (Å²) in [6.07, 6.45) is 0. The fourth-order valence-corrected chi connectivity index (χ4v) is 4.30. The predicted molar refractivity (Wildman–Crippen MR) is 144 cm³/mol. The van der Waals surface area contributed by atoms with Crippen LogP contribution in [0.1, 0.15) is 12.5 Å². The summed E-state index contributed by atoms with van der Waals surface area (Å²) in [5.41, 5.74) is 5.80. The van der Waals surface area contributed by atoms with Gasteiger partial charge in [-0.15, -0.1) is 10.2 Å². The number of amides is 1. The van der Waals surface area contributed by atoms with E-state index in [-0.39, 0.29) is 11.7 Å². The van der Waals surface area contributed by atoms with Gasteiger partial charge < -0.3 is 14.2 Å². The summed E-state index contributed by atoms with van der Waals surface area (Å²) in [7, 11) is 4.78. The van der Waals surface area contributed by atoms with Crippen molar-refractivity contribution in [2.75, 3.05) is 27.1 Å². The van der Waals surface area contributed by atoms with Gasteiger partial charge in [0.15, 0.2) is 22.5 Å². The van der Waals surface area contributed by atoms with Gasteiger partial charge in [-0.2, -0.15) is 5.10 Å². The van der Waals surface area contributed by atoms with E-state index in [0.717, 1.165) is 22.6 Å². The molecule has 0 aliphatic rings. The summed E-state index contributed by atoms with van der Waals surface area (Å²) in [5, 5.41) is 13.6. The fourth-order valence-electron chi connectivity index (χ4n) is 3.56. The molecule has 1 aromatic heterocycles. The van der Waals surface area contributed by atoms with E-state index in [1.165, 1.54) is 11.8 Å². The largest absolute Gasteiger partial charge is 0.497 e. The molecule has 0 saturated carbocycles. The molecule has 0 spiro atoms. The molecule has 37 heavy (non-hydrogen) atoms. The zero-order chi connectivity index (χ0) is 26.2. The quantitative estimate of drug-likeness (QED) is 0.187. The number of thioether (sulfide) groups is 1. The van der Waals surface area contributed by atoms with Crippen LogP contribution in [0, 0.1) is 0 Å². The van der Waals surface area contributed by atoms with Crippen LogP contribution in [0.4, 0.5) is 0 Å². The second-order valence-corrected chi connectivity index (χ2v) is 8.74. The Morgan fingerprint density at radius 2 is 1.70 bits per heavy atom. The lowest BCUT2D eigenvalue weighted by atomic mass is 10.1. The first-order valence-electron chi connectivity index (χ1n) is 11.4. The Morgan fingerprint density at radius 1 is 0.919 bits per heavy atom. The van der Waals surface area contributed by atoms with E-state index >= 15 is 0 Å². The zero-order valence-electron chi connectivity index (χ0n) is 21.0. The number of aromatic nitrogens is 3. The molecule has 1 amide bonds. The van der Waals surface area contributed by atoms with Crippen LogP contribution in [-0.4, -0.2) is 53.5 Å². The minimum absolute atomic E-state index is 0.103. The Bertz CT molecular complexity index is 1410. The van der Waals surface area contributed by atoms with E-state index < -0.39 is 0 Å². The molecule has 9 nitrogen and oxygen atoms in total. The third-order valence-electron chi connectivity index (χ3n) is 5.46. The maximum absolute atomic E-state index is 12.6. The lowest BCUT2D eigenvalue weighted by Crippen LogP contribution is -2.21. The average Bonchev–Trinajstić information content (AvgIpc) is 3.38. The normalized spacial score (nSPS) is 11.2. The van der Waals surface area contributed by atoms with Crippen LogP contribution in [0.3, 0.4) is 0 Å². The number of benzene rings is 3. The Hall–Kier alpha value is -4.31. The van der Waals surface area contributed by atoms with Crippen molar-refractivity contribution in [3.63, 3.8) is 0 Å². The number of nitrogens with one attached hydrogen (secondary N) is 1. The first kappa shape index (κ1) is 25.8. The number of methoxy groups -OCH3 is 3. The fraction of sp³-hybridized carbons (Fsp3) is 0.185. The lowest BCUT2D eigenvalue weighted by Gasteiger charge is -2.12. The molecule has 0 aliphatic carbocycles. The second kappa shape index (κ2) is 12.1. The number of nitrogens with zero attached hydrogens (tertiary/aromatic N) is 4. The molecule has 190 valence electrons. The minimum Gasteiger partial charge on any atom is -0.497 e. The Morgan fingerprint density at radius 3 is 2.43 bits per heavy atom. The summed E-state index contributed by atoms with van der Waals surface area (Å²) < 4.78 is 18.0. The van der Waals surface area contributed by atoms with Gasteiger partial charge in [-0.25, -0.2) is 5.43 Å². The Kier molecular flexibility index (Phi) is 8.42. The summed E-state index contributed by atoms with van der Waals surface area (Å²) in [6, 6.07) is 22.8. The van der Waals surface area contributed by atoms with Crippen LogP contribution in [0.25, 0.3) is 17.1 Å². The van der Waals surface area contributed by atoms with Crippen molar-refractivity contribution in [2.45, 2.75) is 12.1 Å². The van der Waals surface area contributed by atoms with E-state index in [1.54, 1.807) is 21.3 Å². The minimum atomic E-state index is -0.262. The van der Waals surface area contributed by atoms with Crippen LogP contribution in [0.5, 0.6) is 17.2 Å². The highest BCUT2D eigenvalue weighted by molar-refractivity contribution is 7.99. The molecular weight excluding hydrogens is 490 g/mol. The maximum Gasteiger partial charge on any atom is 0.250 e. The first-order valence-corrected chi connectivity index (χ1v) is 12.4. The molecular formula is C27H27N5O4S. The number of para-hydroxylation sites is 1. The SMILES string of the molecule is COc1cccc(/C(C)=N\NC(=O)CSc2nnc(-c3ccc(OC)c(OC)c3)n2-c2ccccc2)c1. The van der Waals surface area contributed by atoms with Gasteiger partial charge in [0.25, 0.3) is 5.91 Å². The van der Waals surface area contributed by atoms with E-state index in [4.69, 9.17) is 14.2 Å². The molecule has 0 unspecified atom stereocenters. The number of hydrazone groups is 1. The van der Waals surface area contributed by atoms with Gasteiger partial charge in [-0.1, -0.05) is 42.1 Å². The molecule has 10 heteroatoms. The van der Waals surface area contributed by atoms with Crippen molar-refractivity contribution in [2.24, 2.45) is 5.10 Å². The zero-order valence-corrected chi connectivity index (χ0v) is 21.8. The lowest BCUT2D eigenvalue weighted by molar-refractivity contribution is -0.118. The molecule has 1 heterocycles. The van der Waals surface area contributed by atoms with E-state index in [1.807, 2.05) is 84.3 Å². The molecule has 4 rings (SSSR count). The van der Waals surface area contributed by atoms with Crippen molar-refractivity contribution in [1.82, 2.24) is 20.2 Å². The van der Waals surface area contributed by atoms with Crippen molar-refractivity contribution < 1.29 is 19.0 Å². The average molecular weight is 518 g/mol.